The van der Waals surface area contributed by atoms with Crippen molar-refractivity contribution in [2.75, 3.05) is 31.1 Å². The molecule has 1 atom stereocenters. The number of fused-ring (bicyclic) bond motifs is 1. The first-order chi connectivity index (χ1) is 14.6. The van der Waals surface area contributed by atoms with Gasteiger partial charge in [-0.15, -0.1) is 0 Å². The van der Waals surface area contributed by atoms with Crippen LogP contribution in [0, 0.1) is 0 Å². The molecule has 3 aliphatic rings. The maximum Gasteiger partial charge on any atom is 0.266 e. The molecule has 154 valence electrons. The normalized spacial score (nSPS) is 21.5. The lowest BCUT2D eigenvalue weighted by Crippen LogP contribution is -2.42. The minimum absolute atomic E-state index is 0.0330. The Morgan fingerprint density at radius 1 is 0.833 bits per heavy atom. The van der Waals surface area contributed by atoms with E-state index in [9.17, 15) is 14.4 Å². The van der Waals surface area contributed by atoms with Crippen LogP contribution in [0.25, 0.3) is 0 Å². The molecule has 0 aromatic heterocycles. The highest BCUT2D eigenvalue weighted by Gasteiger charge is 2.36. The number of amides is 3. The summed E-state index contributed by atoms with van der Waals surface area (Å²) in [5.41, 5.74) is 1.94. The van der Waals surface area contributed by atoms with Crippen molar-refractivity contribution < 1.29 is 14.4 Å². The second kappa shape index (κ2) is 7.69. The van der Waals surface area contributed by atoms with Crippen molar-refractivity contribution in [1.82, 2.24) is 9.80 Å². The molecule has 0 bridgehead atoms. The van der Waals surface area contributed by atoms with Crippen LogP contribution in [0.15, 0.2) is 48.5 Å². The molecule has 0 spiro atoms. The van der Waals surface area contributed by atoms with Crippen LogP contribution in [0.3, 0.4) is 0 Å². The topological polar surface area (TPSA) is 60.9 Å². The highest BCUT2D eigenvalue weighted by atomic mass is 16.2. The van der Waals surface area contributed by atoms with Crippen molar-refractivity contribution in [2.24, 2.45) is 0 Å². The van der Waals surface area contributed by atoms with Gasteiger partial charge in [0.15, 0.2) is 0 Å². The molecule has 30 heavy (non-hydrogen) atoms. The van der Waals surface area contributed by atoms with Gasteiger partial charge in [0.25, 0.3) is 17.7 Å². The lowest BCUT2D eigenvalue weighted by Gasteiger charge is -2.28. The van der Waals surface area contributed by atoms with Crippen molar-refractivity contribution in [3.05, 3.63) is 65.2 Å². The maximum atomic E-state index is 13.1. The first-order valence-electron chi connectivity index (χ1n) is 10.7. The summed E-state index contributed by atoms with van der Waals surface area (Å²) in [5.74, 6) is -0.606. The van der Waals surface area contributed by atoms with Gasteiger partial charge < -0.3 is 9.80 Å². The highest BCUT2D eigenvalue weighted by Crippen LogP contribution is 2.29. The lowest BCUT2D eigenvalue weighted by molar-refractivity contribution is 0.0708. The Balaban J connectivity index is 1.32. The summed E-state index contributed by atoms with van der Waals surface area (Å²) >= 11 is 0. The van der Waals surface area contributed by atoms with Crippen molar-refractivity contribution >= 4 is 23.4 Å². The first kappa shape index (κ1) is 19.0. The molecule has 2 aromatic rings. The molecule has 3 heterocycles. The largest absolute Gasteiger partial charge is 0.334 e. The van der Waals surface area contributed by atoms with Gasteiger partial charge in [0, 0.05) is 24.7 Å². The van der Waals surface area contributed by atoms with E-state index in [1.54, 1.807) is 48.5 Å². The average Bonchev–Trinajstić information content (AvgIpc) is 3.50. The van der Waals surface area contributed by atoms with Gasteiger partial charge in [-0.2, -0.15) is 0 Å². The number of imide groups is 1. The molecular formula is C24H25N3O3. The Labute approximate surface area is 176 Å². The predicted molar refractivity (Wildman–Crippen MR) is 114 cm³/mol. The summed E-state index contributed by atoms with van der Waals surface area (Å²) < 4.78 is 0. The standard InChI is InChI=1S/C24H25N3O3/c28-22(26-15-5-6-19(26)16-25-13-3-4-14-25)17-9-11-18(12-10-17)27-23(29)20-7-1-2-8-21(20)24(27)30/h1-2,7-12,19H,3-6,13-16H2. The number of likely N-dealkylation sites (tertiary alicyclic amines) is 2. The zero-order chi connectivity index (χ0) is 20.7. The molecular weight excluding hydrogens is 378 g/mol. The molecule has 1 unspecified atom stereocenters. The van der Waals surface area contributed by atoms with Crippen LogP contribution < -0.4 is 4.90 Å². The van der Waals surface area contributed by atoms with Crippen LogP contribution in [-0.4, -0.2) is 59.7 Å². The third-order valence-electron chi connectivity index (χ3n) is 6.47. The molecule has 0 saturated carbocycles. The molecule has 2 saturated heterocycles. The molecule has 0 aliphatic carbocycles. The zero-order valence-electron chi connectivity index (χ0n) is 16.9. The van der Waals surface area contributed by atoms with Crippen LogP contribution in [0.5, 0.6) is 0 Å². The minimum Gasteiger partial charge on any atom is -0.334 e. The molecule has 0 N–H and O–H groups in total. The van der Waals surface area contributed by atoms with E-state index in [1.807, 2.05) is 4.90 Å². The second-order valence-electron chi connectivity index (χ2n) is 8.34. The van der Waals surface area contributed by atoms with E-state index < -0.39 is 0 Å². The summed E-state index contributed by atoms with van der Waals surface area (Å²) in [6, 6.07) is 14.0. The van der Waals surface area contributed by atoms with Crippen molar-refractivity contribution in [2.45, 2.75) is 31.7 Å². The Kier molecular flexibility index (Phi) is 4.87. The fourth-order valence-corrected chi connectivity index (χ4v) is 4.90. The number of nitrogens with zero attached hydrogens (tertiary/aromatic N) is 3. The number of carbonyl (C=O) groups is 3. The molecule has 2 aromatic carbocycles. The fourth-order valence-electron chi connectivity index (χ4n) is 4.90. The van der Waals surface area contributed by atoms with E-state index in [1.165, 1.54) is 17.7 Å². The van der Waals surface area contributed by atoms with Crippen molar-refractivity contribution in [1.29, 1.82) is 0 Å². The van der Waals surface area contributed by atoms with Gasteiger partial charge in [0.2, 0.25) is 0 Å². The highest BCUT2D eigenvalue weighted by molar-refractivity contribution is 6.34. The molecule has 2 fully saturated rings. The third kappa shape index (κ3) is 3.21. The summed E-state index contributed by atoms with van der Waals surface area (Å²) in [4.78, 5) is 44.1. The van der Waals surface area contributed by atoms with Crippen molar-refractivity contribution in [3.8, 4) is 0 Å². The molecule has 3 aliphatic heterocycles. The van der Waals surface area contributed by atoms with E-state index in [-0.39, 0.29) is 23.8 Å². The van der Waals surface area contributed by atoms with E-state index >= 15 is 0 Å². The zero-order valence-corrected chi connectivity index (χ0v) is 16.9. The Hall–Kier alpha value is -2.99. The molecule has 5 rings (SSSR count). The third-order valence-corrected chi connectivity index (χ3v) is 6.47. The lowest BCUT2D eigenvalue weighted by atomic mass is 10.1. The van der Waals surface area contributed by atoms with Crippen LogP contribution in [0.1, 0.15) is 56.8 Å². The predicted octanol–water partition coefficient (Wildman–Crippen LogP) is 3.19. The van der Waals surface area contributed by atoms with Crippen LogP contribution >= 0.6 is 0 Å². The van der Waals surface area contributed by atoms with Crippen LogP contribution in [-0.2, 0) is 0 Å². The van der Waals surface area contributed by atoms with Gasteiger partial charge in [-0.3, -0.25) is 14.4 Å². The number of rotatable bonds is 4. The van der Waals surface area contributed by atoms with E-state index in [0.29, 0.717) is 22.4 Å². The van der Waals surface area contributed by atoms with Gasteiger partial charge >= 0.3 is 0 Å². The molecule has 0 radical (unpaired) electrons. The first-order valence-corrected chi connectivity index (χ1v) is 10.7. The van der Waals surface area contributed by atoms with E-state index in [2.05, 4.69) is 4.90 Å². The second-order valence-corrected chi connectivity index (χ2v) is 8.34. The summed E-state index contributed by atoms with van der Waals surface area (Å²) in [7, 11) is 0. The summed E-state index contributed by atoms with van der Waals surface area (Å²) in [6.45, 7) is 4.01. The maximum absolute atomic E-state index is 13.1. The quantitative estimate of drug-likeness (QED) is 0.736. The summed E-state index contributed by atoms with van der Waals surface area (Å²) in [5, 5.41) is 0. The number of anilines is 1. The smallest absolute Gasteiger partial charge is 0.266 e. The Bertz CT molecular complexity index is 960. The molecule has 3 amide bonds. The SMILES string of the molecule is O=C1c2ccccc2C(=O)N1c1ccc(C(=O)N2CCCC2CN2CCCC2)cc1. The summed E-state index contributed by atoms with van der Waals surface area (Å²) in [6.07, 6.45) is 4.59. The molecule has 6 nitrogen and oxygen atoms in total. The number of carbonyl (C=O) groups excluding carboxylic acids is 3. The van der Waals surface area contributed by atoms with Gasteiger partial charge in [-0.05, 0) is 75.2 Å². The van der Waals surface area contributed by atoms with Crippen LogP contribution in [0.4, 0.5) is 5.69 Å². The van der Waals surface area contributed by atoms with Gasteiger partial charge in [-0.1, -0.05) is 12.1 Å². The number of benzene rings is 2. The monoisotopic (exact) mass is 403 g/mol. The average molecular weight is 403 g/mol. The number of hydrogen-bond acceptors (Lipinski definition) is 4. The van der Waals surface area contributed by atoms with Crippen LogP contribution in [0.2, 0.25) is 0 Å². The van der Waals surface area contributed by atoms with Gasteiger partial charge in [-0.25, -0.2) is 4.90 Å². The Morgan fingerprint density at radius 2 is 1.47 bits per heavy atom. The minimum atomic E-state index is -0.320. The molecule has 6 heteroatoms. The van der Waals surface area contributed by atoms with Crippen molar-refractivity contribution in [3.63, 3.8) is 0 Å². The van der Waals surface area contributed by atoms with E-state index in [4.69, 9.17) is 0 Å². The van der Waals surface area contributed by atoms with Gasteiger partial charge in [0.05, 0.1) is 16.8 Å². The van der Waals surface area contributed by atoms with Gasteiger partial charge in [0.1, 0.15) is 0 Å². The fraction of sp³-hybridized carbons (Fsp3) is 0.375. The van der Waals surface area contributed by atoms with E-state index in [0.717, 1.165) is 39.0 Å². The number of hydrogen-bond donors (Lipinski definition) is 0. The Morgan fingerprint density at radius 3 is 2.10 bits per heavy atom.